The van der Waals surface area contributed by atoms with Crippen molar-refractivity contribution in [3.8, 4) is 11.1 Å². The molecule has 0 radical (unpaired) electrons. The van der Waals surface area contributed by atoms with Crippen LogP contribution in [0.4, 0.5) is 4.39 Å². The lowest BCUT2D eigenvalue weighted by Gasteiger charge is -2.46. The predicted molar refractivity (Wildman–Crippen MR) is 126 cm³/mol. The molecule has 2 aromatic carbocycles. The van der Waals surface area contributed by atoms with Gasteiger partial charge < -0.3 is 9.64 Å². The summed E-state index contributed by atoms with van der Waals surface area (Å²) >= 11 is 0. The van der Waals surface area contributed by atoms with Crippen LogP contribution in [0.1, 0.15) is 19.8 Å². The molecular weight excluding hydrogens is 457 g/mol. The first-order valence-corrected chi connectivity index (χ1v) is 12.8. The number of aromatic nitrogens is 1. The highest BCUT2D eigenvalue weighted by Gasteiger charge is 2.44. The van der Waals surface area contributed by atoms with E-state index in [1.54, 1.807) is 35.2 Å². The highest BCUT2D eigenvalue weighted by Crippen LogP contribution is 2.33. The van der Waals surface area contributed by atoms with E-state index >= 15 is 0 Å². The van der Waals surface area contributed by atoms with Crippen LogP contribution in [0.25, 0.3) is 22.0 Å². The van der Waals surface area contributed by atoms with Crippen molar-refractivity contribution in [1.82, 2.24) is 14.2 Å². The molecule has 178 valence electrons. The number of sulfonamides is 1. The summed E-state index contributed by atoms with van der Waals surface area (Å²) < 4.78 is 47.3. The monoisotopic (exact) mass is 483 g/mol. The van der Waals surface area contributed by atoms with Crippen molar-refractivity contribution in [3.63, 3.8) is 0 Å². The van der Waals surface area contributed by atoms with Crippen LogP contribution in [-0.2, 0) is 19.6 Å². The molecule has 1 spiro atoms. The lowest BCUT2D eigenvalue weighted by molar-refractivity contribution is -0.169. The molecule has 1 aromatic heterocycles. The summed E-state index contributed by atoms with van der Waals surface area (Å²) in [5, 5.41) is 0.708. The standard InChI is InChI=1S/C25H26FN3O4S/c1-2-28-17-25(33-16-24(28)30)9-11-29(12-10-25)34(31,32)22-7-5-18(6-8-22)19-3-4-20-13-21(26)15-27-23(20)14-19/h3-8,13-15H,2,9-12,16-17H2,1H3. The zero-order chi connectivity index (χ0) is 23.9. The number of carbonyl (C=O) groups is 1. The minimum Gasteiger partial charge on any atom is -0.363 e. The summed E-state index contributed by atoms with van der Waals surface area (Å²) in [6, 6.07) is 13.7. The van der Waals surface area contributed by atoms with Crippen LogP contribution < -0.4 is 0 Å². The molecule has 5 rings (SSSR count). The highest BCUT2D eigenvalue weighted by molar-refractivity contribution is 7.89. The molecule has 2 fully saturated rings. The minimum atomic E-state index is -3.64. The van der Waals surface area contributed by atoms with Gasteiger partial charge in [0.1, 0.15) is 12.4 Å². The average molecular weight is 484 g/mol. The number of halogens is 1. The molecule has 3 aromatic rings. The maximum atomic E-state index is 13.4. The summed E-state index contributed by atoms with van der Waals surface area (Å²) in [5.41, 5.74) is 1.93. The zero-order valence-electron chi connectivity index (χ0n) is 18.9. The Morgan fingerprint density at radius 3 is 2.47 bits per heavy atom. The lowest BCUT2D eigenvalue weighted by atomic mass is 9.90. The Morgan fingerprint density at radius 2 is 1.76 bits per heavy atom. The largest absolute Gasteiger partial charge is 0.363 e. The summed E-state index contributed by atoms with van der Waals surface area (Å²) in [6.07, 6.45) is 2.29. The van der Waals surface area contributed by atoms with Crippen molar-refractivity contribution >= 4 is 26.8 Å². The Labute approximate surface area is 198 Å². The Hall–Kier alpha value is -2.88. The summed E-state index contributed by atoms with van der Waals surface area (Å²) in [7, 11) is -3.64. The number of benzene rings is 2. The fraction of sp³-hybridized carbons (Fsp3) is 0.360. The first-order valence-electron chi connectivity index (χ1n) is 11.4. The van der Waals surface area contributed by atoms with Gasteiger partial charge in [-0.15, -0.1) is 0 Å². The van der Waals surface area contributed by atoms with E-state index in [0.717, 1.165) is 11.1 Å². The number of likely N-dealkylation sites (N-methyl/N-ethyl adjacent to an activating group) is 1. The Kier molecular flexibility index (Phi) is 5.87. The molecule has 0 bridgehead atoms. The number of carbonyl (C=O) groups excluding carboxylic acids is 1. The molecule has 0 atom stereocenters. The van der Waals surface area contributed by atoms with Gasteiger partial charge in [0.2, 0.25) is 15.9 Å². The molecule has 1 amide bonds. The number of pyridine rings is 1. The number of ether oxygens (including phenoxy) is 1. The molecular formula is C25H26FN3O4S. The second-order valence-corrected chi connectivity index (χ2v) is 10.8. The number of piperidine rings is 1. The number of morpholine rings is 1. The average Bonchev–Trinajstić information content (AvgIpc) is 2.86. The van der Waals surface area contributed by atoms with E-state index in [1.807, 2.05) is 19.1 Å². The molecule has 0 saturated carbocycles. The van der Waals surface area contributed by atoms with Crippen molar-refractivity contribution in [1.29, 1.82) is 0 Å². The van der Waals surface area contributed by atoms with Crippen molar-refractivity contribution in [2.24, 2.45) is 0 Å². The lowest BCUT2D eigenvalue weighted by Crippen LogP contribution is -2.59. The van der Waals surface area contributed by atoms with Crippen molar-refractivity contribution < 1.29 is 22.3 Å². The Morgan fingerprint density at radius 1 is 1.06 bits per heavy atom. The van der Waals surface area contributed by atoms with Crippen LogP contribution in [0, 0.1) is 5.82 Å². The van der Waals surface area contributed by atoms with E-state index in [4.69, 9.17) is 4.74 Å². The van der Waals surface area contributed by atoms with Gasteiger partial charge in [-0.05, 0) is 55.2 Å². The molecule has 2 aliphatic rings. The number of fused-ring (bicyclic) bond motifs is 1. The first kappa shape index (κ1) is 22.9. The number of nitrogens with zero attached hydrogens (tertiary/aromatic N) is 3. The highest BCUT2D eigenvalue weighted by atomic mass is 32.2. The van der Waals surface area contributed by atoms with Gasteiger partial charge in [-0.3, -0.25) is 9.78 Å². The second kappa shape index (κ2) is 8.72. The number of hydrogen-bond donors (Lipinski definition) is 0. The van der Waals surface area contributed by atoms with Crippen molar-refractivity contribution in [2.75, 3.05) is 32.8 Å². The fourth-order valence-electron chi connectivity index (χ4n) is 4.76. The molecule has 2 saturated heterocycles. The van der Waals surface area contributed by atoms with Crippen LogP contribution in [0.2, 0.25) is 0 Å². The SMILES string of the molecule is CCN1CC2(CCN(S(=O)(=O)c3ccc(-c4ccc5cc(F)cnc5c4)cc3)CC2)OCC1=O. The van der Waals surface area contributed by atoms with Gasteiger partial charge >= 0.3 is 0 Å². The van der Waals surface area contributed by atoms with Crippen molar-refractivity contribution in [2.45, 2.75) is 30.3 Å². The topological polar surface area (TPSA) is 79.8 Å². The quantitative estimate of drug-likeness (QED) is 0.568. The third kappa shape index (κ3) is 4.19. The smallest absolute Gasteiger partial charge is 0.248 e. The van der Waals surface area contributed by atoms with Crippen LogP contribution in [0.15, 0.2) is 59.6 Å². The Bertz CT molecular complexity index is 1340. The van der Waals surface area contributed by atoms with Gasteiger partial charge in [0.15, 0.2) is 0 Å². The van der Waals surface area contributed by atoms with Gasteiger partial charge in [-0.1, -0.05) is 24.3 Å². The molecule has 2 aliphatic heterocycles. The van der Waals surface area contributed by atoms with E-state index in [2.05, 4.69) is 4.98 Å². The van der Waals surface area contributed by atoms with E-state index in [-0.39, 0.29) is 23.2 Å². The number of amides is 1. The molecule has 7 nitrogen and oxygen atoms in total. The minimum absolute atomic E-state index is 0.0161. The van der Waals surface area contributed by atoms with Gasteiger partial charge in [0.05, 0.1) is 22.2 Å². The van der Waals surface area contributed by atoms with E-state index in [1.165, 1.54) is 16.6 Å². The van der Waals surface area contributed by atoms with Gasteiger partial charge in [-0.25, -0.2) is 12.8 Å². The number of hydrogen-bond acceptors (Lipinski definition) is 5. The Balaban J connectivity index is 1.31. The van der Waals surface area contributed by atoms with Crippen LogP contribution in [0.3, 0.4) is 0 Å². The number of rotatable bonds is 4. The summed E-state index contributed by atoms with van der Waals surface area (Å²) in [6.45, 7) is 3.84. The molecule has 0 N–H and O–H groups in total. The third-order valence-electron chi connectivity index (χ3n) is 6.83. The normalized spacial score (nSPS) is 19.1. The fourth-order valence-corrected chi connectivity index (χ4v) is 6.20. The summed E-state index contributed by atoms with van der Waals surface area (Å²) in [4.78, 5) is 18.1. The molecule has 0 unspecified atom stereocenters. The van der Waals surface area contributed by atoms with Gasteiger partial charge in [0, 0.05) is 31.6 Å². The van der Waals surface area contributed by atoms with Crippen LogP contribution >= 0.6 is 0 Å². The predicted octanol–water partition coefficient (Wildman–Crippen LogP) is 3.44. The maximum absolute atomic E-state index is 13.4. The van der Waals surface area contributed by atoms with Crippen LogP contribution in [-0.4, -0.2) is 66.9 Å². The van der Waals surface area contributed by atoms with Crippen molar-refractivity contribution in [3.05, 3.63) is 60.5 Å². The van der Waals surface area contributed by atoms with Gasteiger partial charge in [-0.2, -0.15) is 4.31 Å². The second-order valence-electron chi connectivity index (χ2n) is 8.87. The zero-order valence-corrected chi connectivity index (χ0v) is 19.7. The first-order chi connectivity index (χ1) is 16.3. The molecule has 3 heterocycles. The van der Waals surface area contributed by atoms with Gasteiger partial charge in [0.25, 0.3) is 0 Å². The summed E-state index contributed by atoms with van der Waals surface area (Å²) in [5.74, 6) is -0.401. The van der Waals surface area contributed by atoms with E-state index in [9.17, 15) is 17.6 Å². The maximum Gasteiger partial charge on any atom is 0.248 e. The van der Waals surface area contributed by atoms with Crippen LogP contribution in [0.5, 0.6) is 0 Å². The van der Waals surface area contributed by atoms with E-state index < -0.39 is 15.6 Å². The molecule has 0 aliphatic carbocycles. The molecule has 9 heteroatoms. The molecule has 34 heavy (non-hydrogen) atoms. The van der Waals surface area contributed by atoms with E-state index in [0.29, 0.717) is 49.9 Å². The third-order valence-corrected chi connectivity index (χ3v) is 8.74.